The second kappa shape index (κ2) is 10.5. The summed E-state index contributed by atoms with van der Waals surface area (Å²) in [5, 5.41) is 2.57. The summed E-state index contributed by atoms with van der Waals surface area (Å²) in [7, 11) is 1.52. The Balaban J connectivity index is 2.28. The lowest BCUT2D eigenvalue weighted by Crippen LogP contribution is -2.18. The van der Waals surface area contributed by atoms with Gasteiger partial charge in [0.15, 0.2) is 0 Å². The summed E-state index contributed by atoms with van der Waals surface area (Å²) in [5.41, 5.74) is -1.02. The molecule has 0 bridgehead atoms. The van der Waals surface area contributed by atoms with Crippen molar-refractivity contribution in [3.8, 4) is 5.75 Å². The number of anilines is 1. The number of carbonyl (C=O) groups excluding carboxylic acids is 1. The van der Waals surface area contributed by atoms with E-state index in [1.54, 1.807) is 24.3 Å². The van der Waals surface area contributed by atoms with Gasteiger partial charge in [0.05, 0.1) is 23.4 Å². The van der Waals surface area contributed by atoms with Gasteiger partial charge in [-0.1, -0.05) is 26.0 Å². The molecule has 0 spiro atoms. The van der Waals surface area contributed by atoms with Crippen molar-refractivity contribution in [2.75, 3.05) is 25.6 Å². The minimum absolute atomic E-state index is 0.148. The fourth-order valence-electron chi connectivity index (χ4n) is 2.46. The number of rotatable bonds is 9. The van der Waals surface area contributed by atoms with Crippen molar-refractivity contribution in [2.45, 2.75) is 36.6 Å². The van der Waals surface area contributed by atoms with E-state index in [4.69, 9.17) is 9.47 Å². The van der Waals surface area contributed by atoms with Gasteiger partial charge < -0.3 is 14.8 Å². The highest BCUT2D eigenvalue weighted by Gasteiger charge is 2.34. The minimum Gasteiger partial charge on any atom is -0.490 e. The highest BCUT2D eigenvalue weighted by molar-refractivity contribution is 7.99. The highest BCUT2D eigenvalue weighted by Crippen LogP contribution is 2.38. The van der Waals surface area contributed by atoms with Crippen molar-refractivity contribution in [1.82, 2.24) is 0 Å². The molecule has 1 atom stereocenters. The van der Waals surface area contributed by atoms with Gasteiger partial charge in [-0.3, -0.25) is 4.79 Å². The first-order valence-corrected chi connectivity index (χ1v) is 10.0. The molecule has 0 radical (unpaired) electrons. The molecule has 0 unspecified atom stereocenters. The molecule has 0 aliphatic heterocycles. The van der Waals surface area contributed by atoms with Crippen LogP contribution < -0.4 is 10.1 Å². The van der Waals surface area contributed by atoms with Gasteiger partial charge in [0, 0.05) is 17.3 Å². The van der Waals surface area contributed by atoms with Crippen molar-refractivity contribution in [1.29, 1.82) is 0 Å². The number of para-hydroxylation sites is 1. The summed E-state index contributed by atoms with van der Waals surface area (Å²) in [6, 6.07) is 10.3. The third kappa shape index (κ3) is 6.68. The second-order valence-corrected chi connectivity index (χ2v) is 7.85. The van der Waals surface area contributed by atoms with E-state index in [0.717, 1.165) is 12.5 Å². The van der Waals surface area contributed by atoms with Gasteiger partial charge in [-0.25, -0.2) is 0 Å². The van der Waals surface area contributed by atoms with Crippen LogP contribution in [0.5, 0.6) is 5.75 Å². The molecule has 1 amide bonds. The predicted octanol–water partition coefficient (Wildman–Crippen LogP) is 5.87. The molecule has 4 nitrogen and oxygen atoms in total. The van der Waals surface area contributed by atoms with Gasteiger partial charge in [-0.15, -0.1) is 11.8 Å². The average molecular weight is 427 g/mol. The van der Waals surface area contributed by atoms with Crippen LogP contribution in [0.25, 0.3) is 0 Å². The molecule has 0 heterocycles. The van der Waals surface area contributed by atoms with E-state index in [-0.39, 0.29) is 28.9 Å². The summed E-state index contributed by atoms with van der Waals surface area (Å²) in [5.74, 6) is -0.398. The Hall–Kier alpha value is -2.19. The molecule has 1 N–H and O–H groups in total. The van der Waals surface area contributed by atoms with Crippen molar-refractivity contribution >= 4 is 23.4 Å². The number of thioether (sulfide) groups is 1. The molecule has 2 aromatic carbocycles. The summed E-state index contributed by atoms with van der Waals surface area (Å²) in [6.07, 6.45) is -3.76. The number of carbonyl (C=O) groups is 1. The first-order chi connectivity index (χ1) is 13.8. The van der Waals surface area contributed by atoms with Crippen molar-refractivity contribution in [3.05, 3.63) is 53.6 Å². The van der Waals surface area contributed by atoms with E-state index in [2.05, 4.69) is 5.32 Å². The van der Waals surface area contributed by atoms with E-state index in [1.807, 2.05) is 13.8 Å². The SMILES string of the molecule is CC[C@@H](C)Sc1ccc(NC(=O)c2ccccc2OCCOC)c(C(F)(F)F)c1. The number of methoxy groups -OCH3 is 1. The predicted molar refractivity (Wildman–Crippen MR) is 109 cm³/mol. The topological polar surface area (TPSA) is 47.6 Å². The first kappa shape index (κ1) is 23.1. The summed E-state index contributed by atoms with van der Waals surface area (Å²) >= 11 is 1.37. The highest BCUT2D eigenvalue weighted by atomic mass is 32.2. The minimum atomic E-state index is -4.59. The molecule has 2 rings (SSSR count). The Morgan fingerprint density at radius 1 is 1.17 bits per heavy atom. The molecule has 0 fully saturated rings. The van der Waals surface area contributed by atoms with E-state index in [0.29, 0.717) is 11.5 Å². The number of hydrogen-bond donors (Lipinski definition) is 1. The summed E-state index contributed by atoms with van der Waals surface area (Å²) < 4.78 is 51.2. The largest absolute Gasteiger partial charge is 0.490 e. The molecule has 0 saturated carbocycles. The fourth-order valence-corrected chi connectivity index (χ4v) is 3.42. The zero-order valence-corrected chi connectivity index (χ0v) is 17.3. The van der Waals surface area contributed by atoms with Crippen LogP contribution in [-0.2, 0) is 10.9 Å². The van der Waals surface area contributed by atoms with Crippen LogP contribution in [0.2, 0.25) is 0 Å². The number of alkyl halides is 3. The normalized spacial score (nSPS) is 12.5. The van der Waals surface area contributed by atoms with Gasteiger partial charge in [0.2, 0.25) is 0 Å². The monoisotopic (exact) mass is 427 g/mol. The molecule has 0 aliphatic carbocycles. The van der Waals surface area contributed by atoms with Crippen LogP contribution in [0.4, 0.5) is 18.9 Å². The average Bonchev–Trinajstić information content (AvgIpc) is 2.68. The Morgan fingerprint density at radius 2 is 1.90 bits per heavy atom. The number of benzene rings is 2. The molecule has 0 saturated heterocycles. The molecular formula is C21H24F3NO3S. The third-order valence-corrected chi connectivity index (χ3v) is 5.40. The van der Waals surface area contributed by atoms with Crippen LogP contribution in [0.3, 0.4) is 0 Å². The van der Waals surface area contributed by atoms with Gasteiger partial charge in [0.25, 0.3) is 5.91 Å². The standard InChI is InChI=1S/C21H24F3NO3S/c1-4-14(2)29-15-9-10-18(17(13-15)21(22,23)24)25-20(26)16-7-5-6-8-19(16)28-12-11-27-3/h5-10,13-14H,4,11-12H2,1-3H3,(H,25,26)/t14-/m1/s1. The maximum absolute atomic E-state index is 13.6. The molecule has 0 aliphatic rings. The smallest absolute Gasteiger partial charge is 0.418 e. The van der Waals surface area contributed by atoms with Crippen LogP contribution in [0.1, 0.15) is 36.2 Å². The fraction of sp³-hybridized carbons (Fsp3) is 0.381. The zero-order valence-electron chi connectivity index (χ0n) is 16.5. The van der Waals surface area contributed by atoms with E-state index < -0.39 is 17.6 Å². The third-order valence-electron chi connectivity index (χ3n) is 4.13. The van der Waals surface area contributed by atoms with Gasteiger partial charge in [0.1, 0.15) is 12.4 Å². The summed E-state index contributed by atoms with van der Waals surface area (Å²) in [4.78, 5) is 13.2. The number of ether oxygens (including phenoxy) is 2. The number of halogens is 3. The lowest BCUT2D eigenvalue weighted by Gasteiger charge is -2.17. The molecule has 8 heteroatoms. The lowest BCUT2D eigenvalue weighted by atomic mass is 10.1. The molecule has 158 valence electrons. The lowest BCUT2D eigenvalue weighted by molar-refractivity contribution is -0.137. The maximum atomic E-state index is 13.6. The Labute approximate surface area is 172 Å². The molecule has 29 heavy (non-hydrogen) atoms. The molecular weight excluding hydrogens is 403 g/mol. The first-order valence-electron chi connectivity index (χ1n) is 9.16. The van der Waals surface area contributed by atoms with Crippen molar-refractivity contribution in [2.24, 2.45) is 0 Å². The van der Waals surface area contributed by atoms with E-state index in [1.165, 1.54) is 31.0 Å². The summed E-state index contributed by atoms with van der Waals surface area (Å²) in [6.45, 7) is 4.47. The Bertz CT molecular complexity index is 827. The van der Waals surface area contributed by atoms with Crippen LogP contribution in [0, 0.1) is 0 Å². The van der Waals surface area contributed by atoms with Crippen molar-refractivity contribution < 1.29 is 27.4 Å². The number of hydrogen-bond acceptors (Lipinski definition) is 4. The molecule has 2 aromatic rings. The maximum Gasteiger partial charge on any atom is 0.418 e. The van der Waals surface area contributed by atoms with Crippen LogP contribution in [0.15, 0.2) is 47.4 Å². The zero-order chi connectivity index (χ0) is 21.4. The van der Waals surface area contributed by atoms with Gasteiger partial charge in [-0.05, 0) is 36.8 Å². The van der Waals surface area contributed by atoms with Gasteiger partial charge >= 0.3 is 6.18 Å². The second-order valence-electron chi connectivity index (χ2n) is 6.33. The van der Waals surface area contributed by atoms with Crippen LogP contribution in [-0.4, -0.2) is 31.5 Å². The van der Waals surface area contributed by atoms with Crippen molar-refractivity contribution in [3.63, 3.8) is 0 Å². The number of amides is 1. The Kier molecular flexibility index (Phi) is 8.40. The van der Waals surface area contributed by atoms with Crippen LogP contribution >= 0.6 is 11.8 Å². The van der Waals surface area contributed by atoms with E-state index in [9.17, 15) is 18.0 Å². The Morgan fingerprint density at radius 3 is 2.55 bits per heavy atom. The quantitative estimate of drug-likeness (QED) is 0.401. The number of nitrogens with one attached hydrogen (secondary N) is 1. The molecule has 0 aromatic heterocycles. The van der Waals surface area contributed by atoms with E-state index >= 15 is 0 Å². The van der Waals surface area contributed by atoms with Gasteiger partial charge in [-0.2, -0.15) is 13.2 Å².